The lowest BCUT2D eigenvalue weighted by Gasteiger charge is -2.31. The summed E-state index contributed by atoms with van der Waals surface area (Å²) in [6.07, 6.45) is 0.947. The number of benzene rings is 1. The molecule has 114 valence electrons. The second-order valence-corrected chi connectivity index (χ2v) is 6.33. The van der Waals surface area contributed by atoms with Crippen molar-refractivity contribution in [2.75, 3.05) is 14.2 Å². The fourth-order valence-electron chi connectivity index (χ4n) is 2.10. The predicted octanol–water partition coefficient (Wildman–Crippen LogP) is 3.28. The molecule has 0 bridgehead atoms. The molecule has 4 nitrogen and oxygen atoms in total. The molecule has 0 fully saturated rings. The van der Waals surface area contributed by atoms with Gasteiger partial charge in [0.2, 0.25) is 0 Å². The Balaban J connectivity index is 3.00. The Bertz CT molecular complexity index is 427. The molecule has 0 aliphatic rings. The van der Waals surface area contributed by atoms with Crippen LogP contribution in [0.1, 0.15) is 45.7 Å². The Kier molecular flexibility index (Phi) is 5.84. The van der Waals surface area contributed by atoms with Crippen LogP contribution in [0.5, 0.6) is 11.5 Å². The van der Waals surface area contributed by atoms with Gasteiger partial charge in [-0.15, -0.1) is 0 Å². The third kappa shape index (κ3) is 4.12. The molecule has 0 spiro atoms. The highest BCUT2D eigenvalue weighted by molar-refractivity contribution is 5.42. The molecule has 0 saturated heterocycles. The average Bonchev–Trinajstić information content (AvgIpc) is 2.42. The van der Waals surface area contributed by atoms with Gasteiger partial charge in [-0.25, -0.2) is 0 Å². The fraction of sp³-hybridized carbons (Fsp3) is 0.625. The van der Waals surface area contributed by atoms with E-state index in [0.29, 0.717) is 5.92 Å². The number of nitrogens with one attached hydrogen (secondary N) is 1. The highest BCUT2D eigenvalue weighted by atomic mass is 16.5. The summed E-state index contributed by atoms with van der Waals surface area (Å²) in [6, 6.07) is 5.90. The molecule has 0 aromatic heterocycles. The Morgan fingerprint density at radius 2 is 1.85 bits per heavy atom. The number of rotatable bonds is 6. The van der Waals surface area contributed by atoms with Crippen molar-refractivity contribution in [3.63, 3.8) is 0 Å². The van der Waals surface area contributed by atoms with Crippen LogP contribution in [-0.2, 0) is 0 Å². The second kappa shape index (κ2) is 6.95. The summed E-state index contributed by atoms with van der Waals surface area (Å²) in [4.78, 5) is 0. The molecule has 0 radical (unpaired) electrons. The number of methoxy groups -OCH3 is 2. The molecule has 3 N–H and O–H groups in total. The number of hydrogen-bond acceptors (Lipinski definition) is 4. The van der Waals surface area contributed by atoms with Gasteiger partial charge >= 0.3 is 0 Å². The van der Waals surface area contributed by atoms with E-state index in [2.05, 4.69) is 33.1 Å². The first-order valence-corrected chi connectivity index (χ1v) is 7.01. The first-order chi connectivity index (χ1) is 9.33. The van der Waals surface area contributed by atoms with E-state index >= 15 is 0 Å². The van der Waals surface area contributed by atoms with Gasteiger partial charge in [-0.1, -0.05) is 33.8 Å². The van der Waals surface area contributed by atoms with E-state index in [9.17, 15) is 0 Å². The molecule has 2 unspecified atom stereocenters. The first kappa shape index (κ1) is 16.8. The zero-order valence-electron chi connectivity index (χ0n) is 13.5. The van der Waals surface area contributed by atoms with Crippen LogP contribution in [-0.4, -0.2) is 14.2 Å². The lowest BCUT2D eigenvalue weighted by atomic mass is 9.77. The monoisotopic (exact) mass is 280 g/mol. The van der Waals surface area contributed by atoms with Crippen molar-refractivity contribution in [3.05, 3.63) is 23.8 Å². The number of nitrogens with two attached hydrogens (primary N) is 1. The molecule has 20 heavy (non-hydrogen) atoms. The maximum absolute atomic E-state index is 5.75. The van der Waals surface area contributed by atoms with E-state index in [0.717, 1.165) is 23.5 Å². The summed E-state index contributed by atoms with van der Waals surface area (Å²) >= 11 is 0. The summed E-state index contributed by atoms with van der Waals surface area (Å²) < 4.78 is 10.7. The fourth-order valence-corrected chi connectivity index (χ4v) is 2.10. The summed E-state index contributed by atoms with van der Waals surface area (Å²) in [5.41, 5.74) is 4.22. The van der Waals surface area contributed by atoms with E-state index in [4.69, 9.17) is 15.3 Å². The van der Waals surface area contributed by atoms with Gasteiger partial charge in [-0.2, -0.15) is 0 Å². The van der Waals surface area contributed by atoms with Crippen molar-refractivity contribution in [1.82, 2.24) is 5.43 Å². The number of hydrazine groups is 1. The van der Waals surface area contributed by atoms with Gasteiger partial charge in [0.15, 0.2) is 0 Å². The van der Waals surface area contributed by atoms with Crippen molar-refractivity contribution in [1.29, 1.82) is 0 Å². The maximum Gasteiger partial charge on any atom is 0.127 e. The number of ether oxygens (including phenoxy) is 2. The van der Waals surface area contributed by atoms with E-state index in [1.165, 1.54) is 0 Å². The molecule has 4 heteroatoms. The van der Waals surface area contributed by atoms with Crippen LogP contribution < -0.4 is 20.7 Å². The van der Waals surface area contributed by atoms with E-state index in [-0.39, 0.29) is 11.5 Å². The van der Waals surface area contributed by atoms with Crippen LogP contribution in [0.25, 0.3) is 0 Å². The van der Waals surface area contributed by atoms with Crippen molar-refractivity contribution < 1.29 is 9.47 Å². The van der Waals surface area contributed by atoms with Gasteiger partial charge in [-0.3, -0.25) is 11.3 Å². The van der Waals surface area contributed by atoms with Crippen LogP contribution in [0.3, 0.4) is 0 Å². The standard InChI is InChI=1S/C16H28N2O2/c1-11(16(2,3)4)9-14(18-17)13-8-7-12(19-5)10-15(13)20-6/h7-8,10-11,14,18H,9,17H2,1-6H3. The van der Waals surface area contributed by atoms with Gasteiger partial charge in [0.1, 0.15) is 11.5 Å². The van der Waals surface area contributed by atoms with Crippen molar-refractivity contribution >= 4 is 0 Å². The molecule has 1 aromatic rings. The Morgan fingerprint density at radius 1 is 1.20 bits per heavy atom. The van der Waals surface area contributed by atoms with Crippen LogP contribution in [0.15, 0.2) is 18.2 Å². The SMILES string of the molecule is COc1ccc(C(CC(C)C(C)(C)C)NN)c(OC)c1. The van der Waals surface area contributed by atoms with E-state index in [1.54, 1.807) is 14.2 Å². The average molecular weight is 280 g/mol. The topological polar surface area (TPSA) is 56.5 Å². The van der Waals surface area contributed by atoms with E-state index < -0.39 is 0 Å². The molecule has 0 saturated carbocycles. The lowest BCUT2D eigenvalue weighted by Crippen LogP contribution is -2.32. The van der Waals surface area contributed by atoms with Gasteiger partial charge in [-0.05, 0) is 23.8 Å². The maximum atomic E-state index is 5.75. The van der Waals surface area contributed by atoms with Crippen LogP contribution in [0, 0.1) is 11.3 Å². The third-order valence-electron chi connectivity index (χ3n) is 4.08. The molecular formula is C16H28N2O2. The Hall–Kier alpha value is -1.26. The largest absolute Gasteiger partial charge is 0.497 e. The van der Waals surface area contributed by atoms with Crippen LogP contribution >= 0.6 is 0 Å². The number of hydrogen-bond donors (Lipinski definition) is 2. The highest BCUT2D eigenvalue weighted by Gasteiger charge is 2.25. The third-order valence-corrected chi connectivity index (χ3v) is 4.08. The van der Waals surface area contributed by atoms with Crippen LogP contribution in [0.2, 0.25) is 0 Å². The van der Waals surface area contributed by atoms with E-state index in [1.807, 2.05) is 18.2 Å². The highest BCUT2D eigenvalue weighted by Crippen LogP contribution is 2.36. The zero-order chi connectivity index (χ0) is 15.3. The molecule has 2 atom stereocenters. The molecule has 0 amide bonds. The van der Waals surface area contributed by atoms with Crippen molar-refractivity contribution in [2.45, 2.75) is 40.2 Å². The lowest BCUT2D eigenvalue weighted by molar-refractivity contribution is 0.222. The van der Waals surface area contributed by atoms with Gasteiger partial charge in [0, 0.05) is 17.7 Å². The smallest absolute Gasteiger partial charge is 0.127 e. The normalized spacial score (nSPS) is 14.8. The quantitative estimate of drug-likeness (QED) is 0.620. The summed E-state index contributed by atoms with van der Waals surface area (Å²) in [5, 5.41) is 0. The van der Waals surface area contributed by atoms with Gasteiger partial charge < -0.3 is 9.47 Å². The minimum absolute atomic E-state index is 0.0603. The molecule has 0 heterocycles. The molecule has 0 aliphatic carbocycles. The predicted molar refractivity (Wildman–Crippen MR) is 82.8 cm³/mol. The van der Waals surface area contributed by atoms with Crippen molar-refractivity contribution in [3.8, 4) is 11.5 Å². The Morgan fingerprint density at radius 3 is 2.30 bits per heavy atom. The summed E-state index contributed by atoms with van der Waals surface area (Å²) in [6.45, 7) is 8.99. The van der Waals surface area contributed by atoms with Crippen molar-refractivity contribution in [2.24, 2.45) is 17.2 Å². The second-order valence-electron chi connectivity index (χ2n) is 6.33. The van der Waals surface area contributed by atoms with Gasteiger partial charge in [0.25, 0.3) is 0 Å². The molecule has 1 rings (SSSR count). The summed E-state index contributed by atoms with van der Waals surface area (Å²) in [5.74, 6) is 7.86. The molecule has 0 aliphatic heterocycles. The van der Waals surface area contributed by atoms with Gasteiger partial charge in [0.05, 0.1) is 14.2 Å². The van der Waals surface area contributed by atoms with Crippen LogP contribution in [0.4, 0.5) is 0 Å². The minimum Gasteiger partial charge on any atom is -0.497 e. The Labute approximate surface area is 122 Å². The molecule has 1 aromatic carbocycles. The zero-order valence-corrected chi connectivity index (χ0v) is 13.5. The molecular weight excluding hydrogens is 252 g/mol. The minimum atomic E-state index is 0.0603. The summed E-state index contributed by atoms with van der Waals surface area (Å²) in [7, 11) is 3.31. The first-order valence-electron chi connectivity index (χ1n) is 7.01.